The summed E-state index contributed by atoms with van der Waals surface area (Å²) in [4.78, 5) is 22.5. The van der Waals surface area contributed by atoms with Gasteiger partial charge in [0.15, 0.2) is 0 Å². The van der Waals surface area contributed by atoms with E-state index in [2.05, 4.69) is 62.4 Å². The first-order valence-electron chi connectivity index (χ1n) is 5.58. The first-order valence-corrected chi connectivity index (χ1v) is 7.74. The first-order chi connectivity index (χ1) is 9.51. The van der Waals surface area contributed by atoms with Crippen molar-refractivity contribution in [1.29, 1.82) is 0 Å². The fourth-order valence-electron chi connectivity index (χ4n) is 1.59. The molecule has 0 spiro atoms. The molecule has 0 aromatic heterocycles. The van der Waals surface area contributed by atoms with Gasteiger partial charge in [0.05, 0.1) is 7.14 Å². The molecule has 1 fully saturated rings. The quantitative estimate of drug-likeness (QED) is 0.292. The molecule has 0 bridgehead atoms. The van der Waals surface area contributed by atoms with Crippen LogP contribution in [0.15, 0.2) is 30.5 Å². The van der Waals surface area contributed by atoms with E-state index in [1.165, 1.54) is 0 Å². The highest BCUT2D eigenvalue weighted by Crippen LogP contribution is 2.29. The second-order valence-electron chi connectivity index (χ2n) is 3.88. The van der Waals surface area contributed by atoms with Crippen LogP contribution < -0.4 is 15.4 Å². The van der Waals surface area contributed by atoms with Crippen molar-refractivity contribution in [2.24, 2.45) is 0 Å². The minimum atomic E-state index is -0.503. The molecule has 20 heavy (non-hydrogen) atoms. The summed E-state index contributed by atoms with van der Waals surface area (Å²) < 4.78 is 7.43. The van der Waals surface area contributed by atoms with Gasteiger partial charge in [-0.15, -0.1) is 0 Å². The molecule has 7 heteroatoms. The van der Waals surface area contributed by atoms with E-state index in [0.29, 0.717) is 6.61 Å². The number of amides is 3. The normalized spacial score (nSPS) is 16.0. The van der Waals surface area contributed by atoms with Crippen LogP contribution in [0.4, 0.5) is 4.79 Å². The second kappa shape index (κ2) is 6.57. The highest BCUT2D eigenvalue weighted by atomic mass is 127. The van der Waals surface area contributed by atoms with E-state index in [1.807, 2.05) is 12.1 Å². The zero-order valence-corrected chi connectivity index (χ0v) is 14.5. The van der Waals surface area contributed by atoms with Crippen LogP contribution >= 0.6 is 45.2 Å². The molecule has 1 aliphatic heterocycles. The molecular formula is C13H10I2N2O3. The molecule has 0 radical (unpaired) electrons. The third-order valence-corrected chi connectivity index (χ3v) is 4.00. The molecule has 1 saturated heterocycles. The SMILES string of the molecule is C=CCOc1c(I)cc(/C=C2/NC(=O)NC2=O)cc1I. The van der Waals surface area contributed by atoms with Gasteiger partial charge in [0.1, 0.15) is 18.1 Å². The van der Waals surface area contributed by atoms with Crippen LogP contribution in [-0.2, 0) is 4.79 Å². The third-order valence-electron chi connectivity index (χ3n) is 2.40. The number of imide groups is 1. The molecule has 0 atom stereocenters. The lowest BCUT2D eigenvalue weighted by molar-refractivity contribution is -0.115. The highest BCUT2D eigenvalue weighted by molar-refractivity contribution is 14.1. The molecule has 1 aliphatic rings. The number of ether oxygens (including phenoxy) is 1. The third kappa shape index (κ3) is 3.51. The lowest BCUT2D eigenvalue weighted by atomic mass is 10.2. The van der Waals surface area contributed by atoms with E-state index < -0.39 is 11.9 Å². The van der Waals surface area contributed by atoms with E-state index in [-0.39, 0.29) is 5.70 Å². The Morgan fingerprint density at radius 2 is 1.85 bits per heavy atom. The molecule has 2 rings (SSSR count). The van der Waals surface area contributed by atoms with Crippen LogP contribution in [0, 0.1) is 7.14 Å². The van der Waals surface area contributed by atoms with Crippen LogP contribution in [0.3, 0.4) is 0 Å². The summed E-state index contributed by atoms with van der Waals surface area (Å²) in [6.45, 7) is 4.05. The molecule has 0 unspecified atom stereocenters. The Morgan fingerprint density at radius 1 is 1.20 bits per heavy atom. The number of carbonyl (C=O) groups excluding carboxylic acids is 2. The van der Waals surface area contributed by atoms with Crippen LogP contribution in [0.5, 0.6) is 5.75 Å². The van der Waals surface area contributed by atoms with Crippen molar-refractivity contribution < 1.29 is 14.3 Å². The lowest BCUT2D eigenvalue weighted by Crippen LogP contribution is -2.22. The van der Waals surface area contributed by atoms with Crippen molar-refractivity contribution in [2.45, 2.75) is 0 Å². The summed E-state index contributed by atoms with van der Waals surface area (Å²) in [6, 6.07) is 3.26. The molecule has 104 valence electrons. The van der Waals surface area contributed by atoms with Gasteiger partial charge in [0.2, 0.25) is 0 Å². The fraction of sp³-hybridized carbons (Fsp3) is 0.0769. The molecule has 2 N–H and O–H groups in total. The maximum absolute atomic E-state index is 11.5. The molecule has 0 aliphatic carbocycles. The molecular weight excluding hydrogens is 486 g/mol. The van der Waals surface area contributed by atoms with Gasteiger partial charge in [0.25, 0.3) is 5.91 Å². The number of urea groups is 1. The summed E-state index contributed by atoms with van der Waals surface area (Å²) >= 11 is 4.33. The van der Waals surface area contributed by atoms with Gasteiger partial charge in [0, 0.05) is 0 Å². The molecule has 1 heterocycles. The summed E-state index contributed by atoms with van der Waals surface area (Å²) in [7, 11) is 0. The first kappa shape index (κ1) is 15.3. The zero-order valence-electron chi connectivity index (χ0n) is 10.2. The molecule has 0 saturated carbocycles. The minimum absolute atomic E-state index is 0.237. The number of benzene rings is 1. The van der Waals surface area contributed by atoms with E-state index >= 15 is 0 Å². The van der Waals surface area contributed by atoms with Gasteiger partial charge >= 0.3 is 6.03 Å². The maximum atomic E-state index is 11.5. The number of nitrogens with one attached hydrogen (secondary N) is 2. The van der Waals surface area contributed by atoms with Crippen LogP contribution in [0.2, 0.25) is 0 Å². The summed E-state index contributed by atoms with van der Waals surface area (Å²) in [5.74, 6) is 0.361. The lowest BCUT2D eigenvalue weighted by Gasteiger charge is -2.09. The topological polar surface area (TPSA) is 67.4 Å². The van der Waals surface area contributed by atoms with Gasteiger partial charge in [-0.25, -0.2) is 4.79 Å². The fourth-order valence-corrected chi connectivity index (χ4v) is 3.72. The van der Waals surface area contributed by atoms with E-state index in [0.717, 1.165) is 18.5 Å². The van der Waals surface area contributed by atoms with E-state index in [9.17, 15) is 9.59 Å². The summed E-state index contributed by atoms with van der Waals surface area (Å²) in [5.41, 5.74) is 1.05. The zero-order chi connectivity index (χ0) is 14.7. The Kier molecular flexibility index (Phi) is 5.02. The summed E-state index contributed by atoms with van der Waals surface area (Å²) in [6.07, 6.45) is 3.31. The molecule has 5 nitrogen and oxygen atoms in total. The van der Waals surface area contributed by atoms with Gasteiger partial charge in [-0.2, -0.15) is 0 Å². The van der Waals surface area contributed by atoms with E-state index in [4.69, 9.17) is 4.74 Å². The van der Waals surface area contributed by atoms with Crippen LogP contribution in [-0.4, -0.2) is 18.5 Å². The predicted molar refractivity (Wildman–Crippen MR) is 92.2 cm³/mol. The van der Waals surface area contributed by atoms with Crippen molar-refractivity contribution in [3.05, 3.63) is 43.2 Å². The molecule has 1 aromatic rings. The smallest absolute Gasteiger partial charge is 0.326 e. The number of halogens is 2. The average Bonchev–Trinajstić information content (AvgIpc) is 2.67. The summed E-state index contributed by atoms with van der Waals surface area (Å²) in [5, 5.41) is 4.61. The second-order valence-corrected chi connectivity index (χ2v) is 6.20. The predicted octanol–water partition coefficient (Wildman–Crippen LogP) is 2.64. The Labute approximate surface area is 143 Å². The van der Waals surface area contributed by atoms with Gasteiger partial charge < -0.3 is 10.1 Å². The van der Waals surface area contributed by atoms with Gasteiger partial charge in [-0.3, -0.25) is 10.1 Å². The number of rotatable bonds is 4. The number of hydrogen-bond donors (Lipinski definition) is 2. The molecule has 3 amide bonds. The maximum Gasteiger partial charge on any atom is 0.326 e. The van der Waals surface area contributed by atoms with Crippen molar-refractivity contribution in [1.82, 2.24) is 10.6 Å². The van der Waals surface area contributed by atoms with Gasteiger partial charge in [-0.1, -0.05) is 12.7 Å². The number of carbonyl (C=O) groups is 2. The standard InChI is InChI=1S/C13H10I2N2O3/c1-2-3-20-11-8(14)4-7(5-9(11)15)6-10-12(18)17-13(19)16-10/h2,4-6H,1,3H2,(H2,16,17,18,19)/b10-6+. The van der Waals surface area contributed by atoms with Crippen LogP contribution in [0.25, 0.3) is 6.08 Å². The van der Waals surface area contributed by atoms with Crippen molar-refractivity contribution in [2.75, 3.05) is 6.61 Å². The number of hydrogen-bond acceptors (Lipinski definition) is 3. The Bertz CT molecular complexity index is 603. The monoisotopic (exact) mass is 496 g/mol. The molecule has 1 aromatic carbocycles. The van der Waals surface area contributed by atoms with Crippen molar-refractivity contribution in [3.63, 3.8) is 0 Å². The van der Waals surface area contributed by atoms with Crippen LogP contribution in [0.1, 0.15) is 5.56 Å². The largest absolute Gasteiger partial charge is 0.487 e. The van der Waals surface area contributed by atoms with Crippen molar-refractivity contribution >= 4 is 63.2 Å². The Hall–Kier alpha value is -1.10. The van der Waals surface area contributed by atoms with E-state index in [1.54, 1.807) is 12.2 Å². The van der Waals surface area contributed by atoms with Gasteiger partial charge in [-0.05, 0) is 69.0 Å². The van der Waals surface area contributed by atoms with Crippen molar-refractivity contribution in [3.8, 4) is 5.75 Å². The highest BCUT2D eigenvalue weighted by Gasteiger charge is 2.22. The minimum Gasteiger partial charge on any atom is -0.487 e. The Morgan fingerprint density at radius 3 is 2.35 bits per heavy atom. The average molecular weight is 496 g/mol. The Balaban J connectivity index is 2.31.